The standard InChI is InChI=1S/C14H14BrFN2O2S/c1-14-5-4-12(19)18(14)11(7-21-14)13(20)17-10-3-2-8(15)6-9(10)16/h2-3,6,11H,4-5,7H2,1H3,(H,17,20). The molecule has 0 aromatic heterocycles. The van der Waals surface area contributed by atoms with E-state index in [2.05, 4.69) is 21.2 Å². The van der Waals surface area contributed by atoms with Gasteiger partial charge in [0.1, 0.15) is 11.9 Å². The summed E-state index contributed by atoms with van der Waals surface area (Å²) in [4.78, 5) is 25.7. The first-order chi connectivity index (χ1) is 9.90. The lowest BCUT2D eigenvalue weighted by atomic mass is 10.2. The van der Waals surface area contributed by atoms with Crippen LogP contribution in [-0.2, 0) is 9.59 Å². The Kier molecular flexibility index (Phi) is 3.73. The van der Waals surface area contributed by atoms with Gasteiger partial charge in [-0.15, -0.1) is 11.8 Å². The molecule has 2 fully saturated rings. The molecular formula is C14H14BrFN2O2S. The van der Waals surface area contributed by atoms with E-state index in [1.165, 1.54) is 12.1 Å². The summed E-state index contributed by atoms with van der Waals surface area (Å²) in [6.07, 6.45) is 1.23. The predicted octanol–water partition coefficient (Wildman–Crippen LogP) is 2.98. The molecule has 1 aromatic carbocycles. The molecule has 2 amide bonds. The SMILES string of the molecule is CC12CCC(=O)N1C(C(=O)Nc1ccc(Br)cc1F)CS2. The van der Waals surface area contributed by atoms with E-state index in [1.54, 1.807) is 22.7 Å². The minimum absolute atomic E-state index is 0.000993. The van der Waals surface area contributed by atoms with Crippen molar-refractivity contribution in [2.24, 2.45) is 0 Å². The highest BCUT2D eigenvalue weighted by molar-refractivity contribution is 9.10. The summed E-state index contributed by atoms with van der Waals surface area (Å²) in [6, 6.07) is 3.93. The summed E-state index contributed by atoms with van der Waals surface area (Å²) >= 11 is 4.79. The molecule has 3 rings (SSSR count). The summed E-state index contributed by atoms with van der Waals surface area (Å²) < 4.78 is 14.4. The summed E-state index contributed by atoms with van der Waals surface area (Å²) in [7, 11) is 0. The maximum atomic E-state index is 13.8. The van der Waals surface area contributed by atoms with Crippen LogP contribution >= 0.6 is 27.7 Å². The number of fused-ring (bicyclic) bond motifs is 1. The molecule has 2 saturated heterocycles. The molecule has 2 aliphatic heterocycles. The van der Waals surface area contributed by atoms with Gasteiger partial charge >= 0.3 is 0 Å². The fraction of sp³-hybridized carbons (Fsp3) is 0.429. The van der Waals surface area contributed by atoms with E-state index in [9.17, 15) is 14.0 Å². The van der Waals surface area contributed by atoms with Crippen LogP contribution < -0.4 is 5.32 Å². The number of anilines is 1. The first kappa shape index (κ1) is 14.8. The summed E-state index contributed by atoms with van der Waals surface area (Å²) in [5, 5.41) is 2.59. The second-order valence-corrected chi connectivity index (χ2v) is 7.80. The number of carbonyl (C=O) groups is 2. The van der Waals surface area contributed by atoms with Gasteiger partial charge in [-0.25, -0.2) is 4.39 Å². The molecule has 21 heavy (non-hydrogen) atoms. The minimum Gasteiger partial charge on any atom is -0.322 e. The lowest BCUT2D eigenvalue weighted by Crippen LogP contribution is -2.48. The van der Waals surface area contributed by atoms with Gasteiger partial charge in [-0.1, -0.05) is 15.9 Å². The maximum Gasteiger partial charge on any atom is 0.248 e. The van der Waals surface area contributed by atoms with Gasteiger partial charge in [0.05, 0.1) is 10.6 Å². The van der Waals surface area contributed by atoms with Crippen molar-refractivity contribution in [1.82, 2.24) is 4.90 Å². The van der Waals surface area contributed by atoms with E-state index < -0.39 is 11.9 Å². The van der Waals surface area contributed by atoms with Crippen LogP contribution in [0.5, 0.6) is 0 Å². The summed E-state index contributed by atoms with van der Waals surface area (Å²) in [6.45, 7) is 1.98. The number of hydrogen-bond donors (Lipinski definition) is 1. The monoisotopic (exact) mass is 372 g/mol. The molecule has 0 radical (unpaired) electrons. The smallest absolute Gasteiger partial charge is 0.248 e. The van der Waals surface area contributed by atoms with Crippen molar-refractivity contribution in [2.45, 2.75) is 30.7 Å². The Morgan fingerprint density at radius 3 is 3.05 bits per heavy atom. The van der Waals surface area contributed by atoms with Gasteiger partial charge in [-0.2, -0.15) is 0 Å². The van der Waals surface area contributed by atoms with Crippen LogP contribution in [0.3, 0.4) is 0 Å². The lowest BCUT2D eigenvalue weighted by molar-refractivity contribution is -0.135. The molecular weight excluding hydrogens is 359 g/mol. The zero-order chi connectivity index (χ0) is 15.2. The van der Waals surface area contributed by atoms with Crippen molar-refractivity contribution in [1.29, 1.82) is 0 Å². The molecule has 1 N–H and O–H groups in total. The number of rotatable bonds is 2. The van der Waals surface area contributed by atoms with E-state index >= 15 is 0 Å². The molecule has 7 heteroatoms. The first-order valence-corrected chi connectivity index (χ1v) is 8.41. The number of nitrogens with zero attached hydrogens (tertiary/aromatic N) is 1. The topological polar surface area (TPSA) is 49.4 Å². The van der Waals surface area contributed by atoms with Crippen LogP contribution in [-0.4, -0.2) is 33.4 Å². The van der Waals surface area contributed by atoms with Gasteiger partial charge in [-0.05, 0) is 31.5 Å². The zero-order valence-electron chi connectivity index (χ0n) is 11.4. The zero-order valence-corrected chi connectivity index (χ0v) is 13.8. The van der Waals surface area contributed by atoms with Crippen LogP contribution in [0.1, 0.15) is 19.8 Å². The molecule has 2 unspecified atom stereocenters. The maximum absolute atomic E-state index is 13.8. The molecule has 0 spiro atoms. The Labute approximate surface area is 134 Å². The van der Waals surface area contributed by atoms with E-state index in [0.29, 0.717) is 16.6 Å². The highest BCUT2D eigenvalue weighted by Crippen LogP contribution is 2.47. The highest BCUT2D eigenvalue weighted by atomic mass is 79.9. The van der Waals surface area contributed by atoms with Gasteiger partial charge in [0.25, 0.3) is 0 Å². The Balaban J connectivity index is 1.78. The minimum atomic E-state index is -0.530. The third-order valence-electron chi connectivity index (χ3n) is 3.94. The number of amides is 2. The summed E-state index contributed by atoms with van der Waals surface area (Å²) in [5.41, 5.74) is 0.133. The second kappa shape index (κ2) is 5.28. The quantitative estimate of drug-likeness (QED) is 0.867. The van der Waals surface area contributed by atoms with Gasteiger partial charge < -0.3 is 10.2 Å². The molecule has 0 saturated carbocycles. The Bertz CT molecular complexity index is 627. The number of nitrogens with one attached hydrogen (secondary N) is 1. The molecule has 112 valence electrons. The number of hydrogen-bond acceptors (Lipinski definition) is 3. The van der Waals surface area contributed by atoms with Crippen molar-refractivity contribution in [3.8, 4) is 0 Å². The largest absolute Gasteiger partial charge is 0.322 e. The van der Waals surface area contributed by atoms with Crippen LogP contribution in [0.4, 0.5) is 10.1 Å². The highest BCUT2D eigenvalue weighted by Gasteiger charge is 2.52. The van der Waals surface area contributed by atoms with Gasteiger partial charge in [0.15, 0.2) is 0 Å². The molecule has 2 aliphatic rings. The second-order valence-electron chi connectivity index (χ2n) is 5.38. The van der Waals surface area contributed by atoms with Crippen molar-refractivity contribution in [2.75, 3.05) is 11.1 Å². The average molecular weight is 373 g/mol. The molecule has 2 atom stereocenters. The number of halogens is 2. The van der Waals surface area contributed by atoms with Crippen molar-refractivity contribution in [3.63, 3.8) is 0 Å². The molecule has 0 bridgehead atoms. The number of carbonyl (C=O) groups excluding carboxylic acids is 2. The fourth-order valence-electron chi connectivity index (χ4n) is 2.82. The number of benzene rings is 1. The number of thioether (sulfide) groups is 1. The van der Waals surface area contributed by atoms with Crippen LogP contribution in [0.2, 0.25) is 0 Å². The van der Waals surface area contributed by atoms with E-state index in [0.717, 1.165) is 6.42 Å². The Hall–Kier alpha value is -1.08. The normalized spacial score (nSPS) is 27.9. The van der Waals surface area contributed by atoms with Crippen molar-refractivity contribution < 1.29 is 14.0 Å². The van der Waals surface area contributed by atoms with E-state index in [-0.39, 0.29) is 22.4 Å². The summed E-state index contributed by atoms with van der Waals surface area (Å²) in [5.74, 6) is -0.285. The molecule has 0 aliphatic carbocycles. The molecule has 4 nitrogen and oxygen atoms in total. The van der Waals surface area contributed by atoms with Gasteiger partial charge in [0.2, 0.25) is 11.8 Å². The van der Waals surface area contributed by atoms with Gasteiger partial charge in [0, 0.05) is 16.6 Å². The first-order valence-electron chi connectivity index (χ1n) is 6.63. The third kappa shape index (κ3) is 2.57. The molecule has 1 aromatic rings. The van der Waals surface area contributed by atoms with Crippen LogP contribution in [0.15, 0.2) is 22.7 Å². The Morgan fingerprint density at radius 2 is 2.33 bits per heavy atom. The van der Waals surface area contributed by atoms with E-state index in [4.69, 9.17) is 0 Å². The third-order valence-corrected chi connectivity index (χ3v) is 5.93. The molecule has 2 heterocycles. The van der Waals surface area contributed by atoms with E-state index in [1.807, 2.05) is 6.92 Å². The van der Waals surface area contributed by atoms with Gasteiger partial charge in [-0.3, -0.25) is 9.59 Å². The average Bonchev–Trinajstić information content (AvgIpc) is 2.90. The Morgan fingerprint density at radius 1 is 1.57 bits per heavy atom. The van der Waals surface area contributed by atoms with Crippen molar-refractivity contribution >= 4 is 45.2 Å². The fourth-order valence-corrected chi connectivity index (χ4v) is 4.59. The lowest BCUT2D eigenvalue weighted by Gasteiger charge is -2.29. The predicted molar refractivity (Wildman–Crippen MR) is 83.5 cm³/mol. The van der Waals surface area contributed by atoms with Crippen LogP contribution in [0, 0.1) is 5.82 Å². The van der Waals surface area contributed by atoms with Crippen LogP contribution in [0.25, 0.3) is 0 Å². The van der Waals surface area contributed by atoms with Crippen molar-refractivity contribution in [3.05, 3.63) is 28.5 Å².